The van der Waals surface area contributed by atoms with E-state index in [0.717, 1.165) is 29.9 Å². The lowest BCUT2D eigenvalue weighted by molar-refractivity contribution is 0.626. The lowest BCUT2D eigenvalue weighted by Crippen LogP contribution is -2.07. The van der Waals surface area contributed by atoms with E-state index >= 15 is 0 Å². The zero-order valence-corrected chi connectivity index (χ0v) is 10.8. The molecular weight excluding hydrogens is 229 g/mol. The Hall–Kier alpha value is -1.84. The molecule has 96 valence electrons. The number of nitrogens with zero attached hydrogens (tertiary/aromatic N) is 2. The van der Waals surface area contributed by atoms with E-state index in [0.29, 0.717) is 6.54 Å². The van der Waals surface area contributed by atoms with Crippen molar-refractivity contribution in [1.82, 2.24) is 9.55 Å². The van der Waals surface area contributed by atoms with Crippen LogP contribution in [0.15, 0.2) is 30.7 Å². The molecule has 0 atom stereocenters. The topological polar surface area (TPSA) is 29.9 Å². The molecule has 0 unspecified atom stereocenters. The van der Waals surface area contributed by atoms with E-state index in [2.05, 4.69) is 21.8 Å². The maximum Gasteiger partial charge on any atom is 0.125 e. The van der Waals surface area contributed by atoms with Gasteiger partial charge in [-0.05, 0) is 37.1 Å². The van der Waals surface area contributed by atoms with Crippen LogP contribution in [-0.2, 0) is 13.1 Å². The van der Waals surface area contributed by atoms with Crippen molar-refractivity contribution in [3.05, 3.63) is 47.8 Å². The zero-order valence-electron chi connectivity index (χ0n) is 10.8. The lowest BCUT2D eigenvalue weighted by atomic mass is 10.2. The highest BCUT2D eigenvalue weighted by atomic mass is 19.1. The number of hydrogen-bond donors (Lipinski definition) is 1. The summed E-state index contributed by atoms with van der Waals surface area (Å²) in [6.07, 6.45) is 4.74. The van der Waals surface area contributed by atoms with Gasteiger partial charge in [0.05, 0.1) is 18.6 Å². The van der Waals surface area contributed by atoms with Crippen molar-refractivity contribution in [2.75, 3.05) is 5.32 Å². The van der Waals surface area contributed by atoms with Gasteiger partial charge in [-0.1, -0.05) is 6.92 Å². The van der Waals surface area contributed by atoms with Gasteiger partial charge in [0.15, 0.2) is 0 Å². The molecule has 0 fully saturated rings. The quantitative estimate of drug-likeness (QED) is 0.878. The number of hydrogen-bond acceptors (Lipinski definition) is 2. The number of anilines is 1. The summed E-state index contributed by atoms with van der Waals surface area (Å²) < 4.78 is 15.3. The minimum absolute atomic E-state index is 0.209. The highest BCUT2D eigenvalue weighted by Crippen LogP contribution is 2.14. The van der Waals surface area contributed by atoms with Crippen molar-refractivity contribution in [2.24, 2.45) is 0 Å². The molecule has 0 aliphatic carbocycles. The van der Waals surface area contributed by atoms with Crippen LogP contribution in [0.3, 0.4) is 0 Å². The summed E-state index contributed by atoms with van der Waals surface area (Å²) >= 11 is 0. The first kappa shape index (κ1) is 12.6. The third-order valence-electron chi connectivity index (χ3n) is 2.78. The van der Waals surface area contributed by atoms with Gasteiger partial charge in [0.25, 0.3) is 0 Å². The van der Waals surface area contributed by atoms with Crippen molar-refractivity contribution in [1.29, 1.82) is 0 Å². The van der Waals surface area contributed by atoms with Crippen LogP contribution in [0.4, 0.5) is 10.1 Å². The number of benzene rings is 1. The minimum Gasteiger partial charge on any atom is -0.379 e. The second kappa shape index (κ2) is 5.67. The Labute approximate surface area is 107 Å². The van der Waals surface area contributed by atoms with Crippen molar-refractivity contribution < 1.29 is 4.39 Å². The largest absolute Gasteiger partial charge is 0.379 e. The Balaban J connectivity index is 2.04. The molecule has 2 rings (SSSR count). The fraction of sp³-hybridized carbons (Fsp3) is 0.357. The van der Waals surface area contributed by atoms with Crippen molar-refractivity contribution in [3.8, 4) is 0 Å². The minimum atomic E-state index is -0.209. The van der Waals surface area contributed by atoms with E-state index in [1.807, 2.05) is 25.5 Å². The van der Waals surface area contributed by atoms with Gasteiger partial charge in [0.1, 0.15) is 5.82 Å². The molecule has 0 saturated carbocycles. The standard InChI is InChI=1S/C14H18FN3/c1-3-4-18-10-16-8-14(18)9-17-13-6-11(2)5-12(15)7-13/h5-8,10,17H,3-4,9H2,1-2H3. The van der Waals surface area contributed by atoms with Gasteiger partial charge in [-0.3, -0.25) is 0 Å². The fourth-order valence-corrected chi connectivity index (χ4v) is 1.97. The summed E-state index contributed by atoms with van der Waals surface area (Å²) in [5.41, 5.74) is 2.83. The SMILES string of the molecule is CCCn1cncc1CNc1cc(C)cc(F)c1. The average molecular weight is 247 g/mol. The summed E-state index contributed by atoms with van der Waals surface area (Å²) in [6.45, 7) is 5.63. The monoisotopic (exact) mass is 247 g/mol. The third-order valence-corrected chi connectivity index (χ3v) is 2.78. The van der Waals surface area contributed by atoms with Gasteiger partial charge in [0.2, 0.25) is 0 Å². The Morgan fingerprint density at radius 3 is 2.89 bits per heavy atom. The molecule has 0 aliphatic rings. The maximum absolute atomic E-state index is 13.2. The molecule has 0 bridgehead atoms. The van der Waals surface area contributed by atoms with E-state index in [9.17, 15) is 4.39 Å². The number of aromatic nitrogens is 2. The van der Waals surface area contributed by atoms with Crippen molar-refractivity contribution >= 4 is 5.69 Å². The molecule has 18 heavy (non-hydrogen) atoms. The molecule has 0 aliphatic heterocycles. The zero-order chi connectivity index (χ0) is 13.0. The Kier molecular flexibility index (Phi) is 3.97. The predicted molar refractivity (Wildman–Crippen MR) is 71.0 cm³/mol. The van der Waals surface area contributed by atoms with Crippen LogP contribution in [0, 0.1) is 12.7 Å². The molecule has 2 aromatic rings. The molecule has 4 heteroatoms. The second-order valence-electron chi connectivity index (χ2n) is 4.45. The van der Waals surface area contributed by atoms with Crippen LogP contribution >= 0.6 is 0 Å². The van der Waals surface area contributed by atoms with Gasteiger partial charge in [-0.15, -0.1) is 0 Å². The van der Waals surface area contributed by atoms with E-state index < -0.39 is 0 Å². The molecule has 0 amide bonds. The first-order chi connectivity index (χ1) is 8.69. The van der Waals surface area contributed by atoms with Gasteiger partial charge in [-0.25, -0.2) is 9.37 Å². The number of rotatable bonds is 5. The summed E-state index contributed by atoms with van der Waals surface area (Å²) in [5, 5.41) is 3.23. The predicted octanol–water partition coefficient (Wildman–Crippen LogP) is 3.35. The molecular formula is C14H18FN3. The molecule has 0 saturated heterocycles. The van der Waals surface area contributed by atoms with Crippen LogP contribution in [0.5, 0.6) is 0 Å². The van der Waals surface area contributed by atoms with E-state index in [1.54, 1.807) is 0 Å². The first-order valence-electron chi connectivity index (χ1n) is 6.19. The molecule has 0 spiro atoms. The highest BCUT2D eigenvalue weighted by molar-refractivity contribution is 5.46. The second-order valence-corrected chi connectivity index (χ2v) is 4.45. The van der Waals surface area contributed by atoms with Crippen molar-refractivity contribution in [2.45, 2.75) is 33.4 Å². The number of halogens is 1. The number of aryl methyl sites for hydroxylation is 2. The van der Waals surface area contributed by atoms with Gasteiger partial charge in [-0.2, -0.15) is 0 Å². The fourth-order valence-electron chi connectivity index (χ4n) is 1.97. The Morgan fingerprint density at radius 1 is 1.33 bits per heavy atom. The maximum atomic E-state index is 13.2. The molecule has 0 radical (unpaired) electrons. The van der Waals surface area contributed by atoms with E-state index in [-0.39, 0.29) is 5.82 Å². The van der Waals surface area contributed by atoms with Crippen LogP contribution in [-0.4, -0.2) is 9.55 Å². The van der Waals surface area contributed by atoms with E-state index in [4.69, 9.17) is 0 Å². The van der Waals surface area contributed by atoms with Gasteiger partial charge in [0, 0.05) is 18.4 Å². The van der Waals surface area contributed by atoms with Crippen LogP contribution in [0.25, 0.3) is 0 Å². The van der Waals surface area contributed by atoms with E-state index in [1.165, 1.54) is 12.1 Å². The summed E-state index contributed by atoms with van der Waals surface area (Å²) in [6, 6.07) is 4.96. The third kappa shape index (κ3) is 3.09. The molecule has 1 aromatic heterocycles. The summed E-state index contributed by atoms with van der Waals surface area (Å²) in [7, 11) is 0. The summed E-state index contributed by atoms with van der Waals surface area (Å²) in [4.78, 5) is 4.14. The van der Waals surface area contributed by atoms with Crippen LogP contribution in [0.2, 0.25) is 0 Å². The smallest absolute Gasteiger partial charge is 0.125 e. The normalized spacial score (nSPS) is 10.6. The average Bonchev–Trinajstić information content (AvgIpc) is 2.73. The lowest BCUT2D eigenvalue weighted by Gasteiger charge is -2.10. The van der Waals surface area contributed by atoms with Crippen LogP contribution in [0.1, 0.15) is 24.6 Å². The highest BCUT2D eigenvalue weighted by Gasteiger charge is 2.02. The molecule has 1 aromatic carbocycles. The Morgan fingerprint density at radius 2 is 2.17 bits per heavy atom. The number of imidazole rings is 1. The van der Waals surface area contributed by atoms with Gasteiger partial charge >= 0.3 is 0 Å². The number of nitrogens with one attached hydrogen (secondary N) is 1. The first-order valence-corrected chi connectivity index (χ1v) is 6.19. The molecule has 1 N–H and O–H groups in total. The summed E-state index contributed by atoms with van der Waals surface area (Å²) in [5.74, 6) is -0.209. The molecule has 1 heterocycles. The van der Waals surface area contributed by atoms with Gasteiger partial charge < -0.3 is 9.88 Å². The van der Waals surface area contributed by atoms with Crippen LogP contribution < -0.4 is 5.32 Å². The molecule has 3 nitrogen and oxygen atoms in total. The van der Waals surface area contributed by atoms with Crippen molar-refractivity contribution in [3.63, 3.8) is 0 Å². The Bertz CT molecular complexity index is 499.